The lowest BCUT2D eigenvalue weighted by Gasteiger charge is -2.17. The van der Waals surface area contributed by atoms with Gasteiger partial charge in [-0.25, -0.2) is 4.98 Å². The van der Waals surface area contributed by atoms with Crippen LogP contribution in [0.2, 0.25) is 0 Å². The molecule has 1 aliphatic rings. The van der Waals surface area contributed by atoms with Crippen LogP contribution < -0.4 is 0 Å². The van der Waals surface area contributed by atoms with Gasteiger partial charge in [0, 0.05) is 43.4 Å². The van der Waals surface area contributed by atoms with E-state index in [4.69, 9.17) is 15.0 Å². The second-order valence-corrected chi connectivity index (χ2v) is 6.48. The molecule has 0 atom stereocenters. The van der Waals surface area contributed by atoms with Gasteiger partial charge >= 0.3 is 0 Å². The van der Waals surface area contributed by atoms with Crippen molar-refractivity contribution in [2.75, 3.05) is 13.1 Å². The summed E-state index contributed by atoms with van der Waals surface area (Å²) in [6.45, 7) is 4.50. The lowest BCUT2D eigenvalue weighted by Crippen LogP contribution is -2.27. The Balaban J connectivity index is 0.000000659. The molecule has 0 saturated heterocycles. The van der Waals surface area contributed by atoms with Crippen LogP contribution in [-0.4, -0.2) is 54.5 Å². The summed E-state index contributed by atoms with van der Waals surface area (Å²) in [4.78, 5) is 15.2. The minimum Gasteiger partial charge on any atom is -0.483 e. The summed E-state index contributed by atoms with van der Waals surface area (Å²) in [5.41, 5.74) is 5.07. The fourth-order valence-electron chi connectivity index (χ4n) is 3.47. The highest BCUT2D eigenvalue weighted by atomic mass is 16.3. The first kappa shape index (κ1) is 18.8. The van der Waals surface area contributed by atoms with E-state index in [1.807, 2.05) is 13.0 Å². The average Bonchev–Trinajstić information content (AvgIpc) is 3.13. The number of benzene rings is 1. The van der Waals surface area contributed by atoms with Gasteiger partial charge in [0.25, 0.3) is 6.47 Å². The first-order valence-corrected chi connectivity index (χ1v) is 8.90. The normalized spacial score (nSPS) is 14.0. The highest BCUT2D eigenvalue weighted by Crippen LogP contribution is 2.28. The Morgan fingerprint density at radius 2 is 1.93 bits per heavy atom. The van der Waals surface area contributed by atoms with Crippen LogP contribution in [0.25, 0.3) is 11.3 Å². The number of hydrogen-bond acceptors (Lipinski definition) is 5. The highest BCUT2D eigenvalue weighted by molar-refractivity contribution is 5.64. The molecule has 0 radical (unpaired) electrons. The van der Waals surface area contributed by atoms with Crippen LogP contribution in [0.4, 0.5) is 0 Å². The number of aryl methyl sites for hydroxylation is 2. The fraction of sp³-hybridized carbons (Fsp3) is 0.368. The average molecular weight is 368 g/mol. The lowest BCUT2D eigenvalue weighted by molar-refractivity contribution is -0.122. The molecular weight excluding hydrogens is 344 g/mol. The van der Waals surface area contributed by atoms with E-state index in [-0.39, 0.29) is 6.47 Å². The number of carbonyl (C=O) groups is 1. The fourth-order valence-corrected chi connectivity index (χ4v) is 3.47. The molecule has 4 rings (SSSR count). The van der Waals surface area contributed by atoms with Crippen molar-refractivity contribution in [2.45, 2.75) is 26.3 Å². The summed E-state index contributed by atoms with van der Waals surface area (Å²) >= 11 is 0. The molecule has 142 valence electrons. The molecule has 0 aliphatic carbocycles. The van der Waals surface area contributed by atoms with Crippen molar-refractivity contribution in [3.05, 3.63) is 53.2 Å². The van der Waals surface area contributed by atoms with E-state index < -0.39 is 0 Å². The predicted molar refractivity (Wildman–Crippen MR) is 101 cm³/mol. The molecule has 8 heteroatoms. The molecular formula is C19H24N6O2. The largest absolute Gasteiger partial charge is 0.483 e. The number of aromatic nitrogens is 5. The minimum atomic E-state index is -0.250. The zero-order valence-corrected chi connectivity index (χ0v) is 15.6. The van der Waals surface area contributed by atoms with Crippen LogP contribution in [0.5, 0.6) is 0 Å². The second kappa shape index (κ2) is 8.59. The Hall–Kier alpha value is -3.00. The van der Waals surface area contributed by atoms with Crippen molar-refractivity contribution in [3.63, 3.8) is 0 Å². The van der Waals surface area contributed by atoms with Crippen molar-refractivity contribution in [1.82, 2.24) is 29.9 Å². The lowest BCUT2D eigenvalue weighted by atomic mass is 10.0. The minimum absolute atomic E-state index is 0.250. The number of H-pyrrole nitrogens is 1. The summed E-state index contributed by atoms with van der Waals surface area (Å²) < 4.78 is 2.05. The van der Waals surface area contributed by atoms with Crippen molar-refractivity contribution < 1.29 is 9.90 Å². The summed E-state index contributed by atoms with van der Waals surface area (Å²) in [6, 6.07) is 10.5. The molecule has 1 aromatic carbocycles. The Bertz CT molecular complexity index is 887. The van der Waals surface area contributed by atoms with Crippen LogP contribution in [0.1, 0.15) is 22.9 Å². The van der Waals surface area contributed by atoms with Gasteiger partial charge in [-0.2, -0.15) is 10.2 Å². The third kappa shape index (κ3) is 4.40. The van der Waals surface area contributed by atoms with Crippen LogP contribution in [0.15, 0.2) is 30.3 Å². The number of aromatic amines is 1. The standard InChI is InChI=1S/C18H22N6.CH2O2/c1-13-19-17(21-20-13)12-24-10-8-15-16(9-11-24)23(2)22-18(15)14-6-4-3-5-7-14;2-1-3/h3-7H,8-12H2,1-2H3,(H,19,20,21);1H,(H,2,3). The van der Waals surface area contributed by atoms with Crippen molar-refractivity contribution in [1.29, 1.82) is 0 Å². The van der Waals surface area contributed by atoms with Gasteiger partial charge in [0.1, 0.15) is 5.82 Å². The molecule has 0 amide bonds. The van der Waals surface area contributed by atoms with E-state index in [1.165, 1.54) is 16.8 Å². The number of rotatable bonds is 3. The predicted octanol–water partition coefficient (Wildman–Crippen LogP) is 1.82. The summed E-state index contributed by atoms with van der Waals surface area (Å²) in [7, 11) is 2.06. The molecule has 0 unspecified atom stereocenters. The number of carboxylic acid groups (broad SMARTS) is 1. The number of nitrogens with one attached hydrogen (secondary N) is 1. The maximum absolute atomic E-state index is 8.36. The SMILES string of the molecule is Cc1nc(CN2CCc3c(-c4ccccc4)nn(C)c3CC2)n[nH]1.O=CO. The van der Waals surface area contributed by atoms with Crippen molar-refractivity contribution in [3.8, 4) is 11.3 Å². The molecule has 0 saturated carbocycles. The first-order chi connectivity index (χ1) is 13.1. The molecule has 2 aromatic heterocycles. The molecule has 8 nitrogen and oxygen atoms in total. The first-order valence-electron chi connectivity index (χ1n) is 8.90. The molecule has 1 aliphatic heterocycles. The zero-order chi connectivity index (χ0) is 19.2. The second-order valence-electron chi connectivity index (χ2n) is 6.48. The molecule has 27 heavy (non-hydrogen) atoms. The third-order valence-electron chi connectivity index (χ3n) is 4.67. The number of nitrogens with zero attached hydrogens (tertiary/aromatic N) is 5. The van der Waals surface area contributed by atoms with E-state index in [0.29, 0.717) is 0 Å². The Morgan fingerprint density at radius 3 is 2.59 bits per heavy atom. The monoisotopic (exact) mass is 368 g/mol. The maximum Gasteiger partial charge on any atom is 0.290 e. The van der Waals surface area contributed by atoms with Gasteiger partial charge in [-0.1, -0.05) is 30.3 Å². The summed E-state index contributed by atoms with van der Waals surface area (Å²) in [6.07, 6.45) is 2.02. The quantitative estimate of drug-likeness (QED) is 0.684. The molecule has 3 aromatic rings. The Labute approximate surface area is 157 Å². The van der Waals surface area contributed by atoms with Crippen LogP contribution in [0, 0.1) is 6.92 Å². The van der Waals surface area contributed by atoms with E-state index >= 15 is 0 Å². The number of hydrogen-bond donors (Lipinski definition) is 2. The topological polar surface area (TPSA) is 99.9 Å². The van der Waals surface area contributed by atoms with Gasteiger partial charge < -0.3 is 5.11 Å². The van der Waals surface area contributed by atoms with E-state index in [2.05, 4.69) is 56.1 Å². The van der Waals surface area contributed by atoms with Gasteiger partial charge in [-0.15, -0.1) is 0 Å². The Kier molecular flexibility index (Phi) is 5.97. The van der Waals surface area contributed by atoms with Crippen molar-refractivity contribution >= 4 is 6.47 Å². The third-order valence-corrected chi connectivity index (χ3v) is 4.67. The van der Waals surface area contributed by atoms with Gasteiger partial charge in [-0.05, 0) is 13.3 Å². The van der Waals surface area contributed by atoms with E-state index in [0.717, 1.165) is 49.8 Å². The van der Waals surface area contributed by atoms with Crippen LogP contribution in [0.3, 0.4) is 0 Å². The van der Waals surface area contributed by atoms with Gasteiger partial charge in [0.05, 0.1) is 12.2 Å². The highest BCUT2D eigenvalue weighted by Gasteiger charge is 2.22. The molecule has 2 N–H and O–H groups in total. The molecule has 0 spiro atoms. The van der Waals surface area contributed by atoms with Gasteiger partial charge in [-0.3, -0.25) is 19.5 Å². The molecule has 0 fully saturated rings. The molecule has 0 bridgehead atoms. The summed E-state index contributed by atoms with van der Waals surface area (Å²) in [5, 5.41) is 18.9. The van der Waals surface area contributed by atoms with Crippen LogP contribution >= 0.6 is 0 Å². The summed E-state index contributed by atoms with van der Waals surface area (Å²) in [5.74, 6) is 1.75. The zero-order valence-electron chi connectivity index (χ0n) is 15.6. The van der Waals surface area contributed by atoms with E-state index in [9.17, 15) is 0 Å². The maximum atomic E-state index is 8.36. The van der Waals surface area contributed by atoms with E-state index in [1.54, 1.807) is 0 Å². The van der Waals surface area contributed by atoms with Gasteiger partial charge in [0.15, 0.2) is 5.82 Å². The Morgan fingerprint density at radius 1 is 1.22 bits per heavy atom. The number of fused-ring (bicyclic) bond motifs is 1. The smallest absolute Gasteiger partial charge is 0.290 e. The molecule has 3 heterocycles. The van der Waals surface area contributed by atoms with Gasteiger partial charge in [0.2, 0.25) is 0 Å². The van der Waals surface area contributed by atoms with Crippen LogP contribution in [-0.2, 0) is 31.2 Å². The van der Waals surface area contributed by atoms with Crippen molar-refractivity contribution in [2.24, 2.45) is 7.05 Å².